The monoisotopic (exact) mass is 378 g/mol. The van der Waals surface area contributed by atoms with E-state index in [0.29, 0.717) is 0 Å². The van der Waals surface area contributed by atoms with Gasteiger partial charge in [-0.2, -0.15) is 0 Å². The number of aromatic hydroxyl groups is 2. The Hall–Kier alpha value is -1.08. The number of fused-ring (bicyclic) bond motifs is 1. The number of halogens is 2. The van der Waals surface area contributed by atoms with E-state index in [4.69, 9.17) is 4.74 Å². The fraction of sp³-hybridized carbons (Fsp3) is 0.273. The van der Waals surface area contributed by atoms with Crippen LogP contribution in [-0.4, -0.2) is 38.5 Å². The summed E-state index contributed by atoms with van der Waals surface area (Å²) in [5.74, 6) is -1.84. The summed E-state index contributed by atoms with van der Waals surface area (Å²) in [6, 6.07) is 1.10. The van der Waals surface area contributed by atoms with E-state index < -0.39 is 27.0 Å². The summed E-state index contributed by atoms with van der Waals surface area (Å²) in [6.07, 6.45) is 0. The molecule has 0 bridgehead atoms. The molecule has 2 rings (SSSR count). The molecule has 0 radical (unpaired) electrons. The van der Waals surface area contributed by atoms with E-state index in [2.05, 4.69) is 31.9 Å². The van der Waals surface area contributed by atoms with E-state index in [1.165, 1.54) is 7.11 Å². The van der Waals surface area contributed by atoms with Crippen LogP contribution in [0, 0.1) is 0 Å². The number of ether oxygens (including phenoxy) is 1. The lowest BCUT2D eigenvalue weighted by atomic mass is 9.87. The Morgan fingerprint density at radius 3 is 2.11 bits per heavy atom. The van der Waals surface area contributed by atoms with Gasteiger partial charge in [0, 0.05) is 6.07 Å². The van der Waals surface area contributed by atoms with Gasteiger partial charge in [0.15, 0.2) is 23.1 Å². The first-order valence-electron chi connectivity index (χ1n) is 4.89. The van der Waals surface area contributed by atoms with Crippen molar-refractivity contribution in [2.75, 3.05) is 7.11 Å². The third-order valence-electron chi connectivity index (χ3n) is 2.71. The summed E-state index contributed by atoms with van der Waals surface area (Å²) in [6.45, 7) is 0. The van der Waals surface area contributed by atoms with Crippen molar-refractivity contribution in [2.45, 2.75) is 9.65 Å². The lowest BCUT2D eigenvalue weighted by Gasteiger charge is -2.24. The highest BCUT2D eigenvalue weighted by atomic mass is 79.9. The van der Waals surface area contributed by atoms with Gasteiger partial charge in [-0.1, -0.05) is 31.9 Å². The van der Waals surface area contributed by atoms with Gasteiger partial charge >= 0.3 is 0 Å². The number of phenolic OH excluding ortho intramolecular Hbond substituents is 2. The Morgan fingerprint density at radius 1 is 1.11 bits per heavy atom. The predicted molar refractivity (Wildman–Crippen MR) is 70.4 cm³/mol. The number of alkyl halides is 2. The molecule has 7 heteroatoms. The van der Waals surface area contributed by atoms with Crippen molar-refractivity contribution in [1.29, 1.82) is 0 Å². The minimum atomic E-state index is -0.796. The van der Waals surface area contributed by atoms with Crippen LogP contribution < -0.4 is 4.74 Å². The highest BCUT2D eigenvalue weighted by Gasteiger charge is 2.42. The maximum Gasteiger partial charge on any atom is 0.182 e. The van der Waals surface area contributed by atoms with E-state index in [0.717, 1.165) is 6.07 Å². The van der Waals surface area contributed by atoms with E-state index in [-0.39, 0.29) is 22.6 Å². The van der Waals surface area contributed by atoms with Gasteiger partial charge in [-0.15, -0.1) is 0 Å². The van der Waals surface area contributed by atoms with Gasteiger partial charge in [-0.3, -0.25) is 9.59 Å². The number of rotatable bonds is 1. The van der Waals surface area contributed by atoms with Crippen LogP contribution in [0.5, 0.6) is 17.2 Å². The molecule has 0 aromatic heterocycles. The Morgan fingerprint density at radius 2 is 1.61 bits per heavy atom. The zero-order valence-corrected chi connectivity index (χ0v) is 12.3. The van der Waals surface area contributed by atoms with Crippen molar-refractivity contribution in [3.05, 3.63) is 17.2 Å². The maximum atomic E-state index is 12.1. The zero-order chi connectivity index (χ0) is 13.6. The zero-order valence-electron chi connectivity index (χ0n) is 9.11. The van der Waals surface area contributed by atoms with Crippen LogP contribution in [0.15, 0.2) is 6.07 Å². The van der Waals surface area contributed by atoms with Gasteiger partial charge < -0.3 is 14.9 Å². The minimum absolute atomic E-state index is 0.0554. The molecule has 0 amide bonds. The van der Waals surface area contributed by atoms with Crippen LogP contribution in [0.4, 0.5) is 0 Å². The number of benzene rings is 1. The van der Waals surface area contributed by atoms with E-state index in [9.17, 15) is 19.8 Å². The normalized spacial score (nSPS) is 22.8. The first-order valence-corrected chi connectivity index (χ1v) is 6.72. The van der Waals surface area contributed by atoms with Gasteiger partial charge in [-0.25, -0.2) is 0 Å². The molecule has 1 aromatic rings. The second-order valence-corrected chi connectivity index (χ2v) is 5.70. The van der Waals surface area contributed by atoms with Gasteiger partial charge in [0.05, 0.1) is 27.9 Å². The molecule has 0 saturated heterocycles. The van der Waals surface area contributed by atoms with Crippen LogP contribution in [-0.2, 0) is 0 Å². The summed E-state index contributed by atoms with van der Waals surface area (Å²) in [7, 11) is 1.29. The van der Waals surface area contributed by atoms with Gasteiger partial charge in [0.2, 0.25) is 0 Å². The van der Waals surface area contributed by atoms with E-state index >= 15 is 0 Å². The second kappa shape index (κ2) is 4.55. The summed E-state index contributed by atoms with van der Waals surface area (Å²) < 4.78 is 4.84. The Labute approximate surface area is 119 Å². The van der Waals surface area contributed by atoms with E-state index in [1.54, 1.807) is 0 Å². The highest BCUT2D eigenvalue weighted by molar-refractivity contribution is 9.12. The second-order valence-electron chi connectivity index (χ2n) is 3.73. The Kier molecular flexibility index (Phi) is 3.37. The third-order valence-corrected chi connectivity index (χ3v) is 5.31. The fourth-order valence-corrected chi connectivity index (χ4v) is 2.76. The molecule has 5 nitrogen and oxygen atoms in total. The number of carbonyl (C=O) groups excluding carboxylic acids is 2. The van der Waals surface area contributed by atoms with E-state index in [1.807, 2.05) is 0 Å². The molecule has 1 aromatic carbocycles. The highest BCUT2D eigenvalue weighted by Crippen LogP contribution is 2.44. The van der Waals surface area contributed by atoms with Crippen LogP contribution in [0.3, 0.4) is 0 Å². The molecule has 2 N–H and O–H groups in total. The lowest BCUT2D eigenvalue weighted by Crippen LogP contribution is -2.37. The Bertz CT molecular complexity index is 555. The predicted octanol–water partition coefficient (Wildman–Crippen LogP) is 2.01. The number of methoxy groups -OCH3 is 1. The average Bonchev–Trinajstić information content (AvgIpc) is 2.35. The quantitative estimate of drug-likeness (QED) is 0.576. The van der Waals surface area contributed by atoms with Gasteiger partial charge in [-0.05, 0) is 0 Å². The van der Waals surface area contributed by atoms with Crippen LogP contribution in [0.25, 0.3) is 0 Å². The first kappa shape index (κ1) is 13.4. The number of ketones is 2. The summed E-state index contributed by atoms with van der Waals surface area (Å²) in [5, 5.41) is 19.7. The molecule has 2 unspecified atom stereocenters. The topological polar surface area (TPSA) is 83.8 Å². The molecule has 1 aliphatic rings. The van der Waals surface area contributed by atoms with Crippen molar-refractivity contribution in [2.24, 2.45) is 0 Å². The largest absolute Gasteiger partial charge is 0.507 e. The van der Waals surface area contributed by atoms with Crippen LogP contribution in [0.1, 0.15) is 20.7 Å². The van der Waals surface area contributed by atoms with Crippen LogP contribution >= 0.6 is 31.9 Å². The third kappa shape index (κ3) is 1.73. The minimum Gasteiger partial charge on any atom is -0.507 e. The Balaban J connectivity index is 2.80. The van der Waals surface area contributed by atoms with Crippen molar-refractivity contribution in [3.63, 3.8) is 0 Å². The lowest BCUT2D eigenvalue weighted by molar-refractivity contribution is 0.0901. The van der Waals surface area contributed by atoms with Crippen molar-refractivity contribution >= 4 is 43.4 Å². The van der Waals surface area contributed by atoms with Gasteiger partial charge in [0.1, 0.15) is 5.75 Å². The standard InChI is InChI=1S/C11H8Br2O5/c1-18-4-2-3(14)5-6(9(4)15)11(17)8(13)7(12)10(5)16/h2,7-8,14-15H,1H3. The first-order chi connectivity index (χ1) is 8.40. The number of hydrogen-bond acceptors (Lipinski definition) is 5. The van der Waals surface area contributed by atoms with Crippen molar-refractivity contribution in [1.82, 2.24) is 0 Å². The van der Waals surface area contributed by atoms with Crippen LogP contribution in [0.2, 0.25) is 0 Å². The SMILES string of the molecule is COc1cc(O)c2c(c1O)C(=O)C(Br)C(Br)C2=O. The number of phenols is 2. The number of carbonyl (C=O) groups is 2. The number of Topliss-reactive ketones (excluding diaryl/α,β-unsaturated/α-hetero) is 2. The maximum absolute atomic E-state index is 12.1. The van der Waals surface area contributed by atoms with Crippen molar-refractivity contribution in [3.8, 4) is 17.2 Å². The molecule has 0 spiro atoms. The molecule has 2 atom stereocenters. The molecule has 0 saturated carbocycles. The molecule has 0 heterocycles. The molecule has 1 aliphatic carbocycles. The molecule has 0 aliphatic heterocycles. The average molecular weight is 380 g/mol. The summed E-state index contributed by atoms with van der Waals surface area (Å²) >= 11 is 6.17. The molecule has 96 valence electrons. The number of hydrogen-bond donors (Lipinski definition) is 2. The fourth-order valence-electron chi connectivity index (χ4n) is 1.82. The smallest absolute Gasteiger partial charge is 0.182 e. The van der Waals surface area contributed by atoms with Crippen molar-refractivity contribution < 1.29 is 24.5 Å². The van der Waals surface area contributed by atoms with Gasteiger partial charge in [0.25, 0.3) is 0 Å². The summed E-state index contributed by atoms with van der Waals surface area (Å²) in [4.78, 5) is 22.5. The molecular formula is C11H8Br2O5. The molecular weight excluding hydrogens is 372 g/mol. The summed E-state index contributed by atoms with van der Waals surface area (Å²) in [5.41, 5.74) is -0.398. The molecule has 18 heavy (non-hydrogen) atoms. The molecule has 0 fully saturated rings.